The molecule has 0 atom stereocenters. The van der Waals surface area contributed by atoms with Gasteiger partial charge >= 0.3 is 0 Å². The molecule has 0 unspecified atom stereocenters. The highest BCUT2D eigenvalue weighted by Crippen LogP contribution is 2.37. The van der Waals surface area contributed by atoms with Crippen molar-refractivity contribution in [1.82, 2.24) is 10.4 Å². The van der Waals surface area contributed by atoms with E-state index in [1.54, 1.807) is 27.7 Å². The largest absolute Gasteiger partial charge is 0.366 e. The quantitative estimate of drug-likeness (QED) is 0.700. The number of carbonyl (C=O) groups excluding carboxylic acids is 1. The van der Waals surface area contributed by atoms with E-state index in [2.05, 4.69) is 5.32 Å². The third-order valence-corrected chi connectivity index (χ3v) is 3.04. The molecule has 0 aromatic heterocycles. The van der Waals surface area contributed by atoms with E-state index in [9.17, 15) is 10.0 Å². The van der Waals surface area contributed by atoms with Crippen LogP contribution in [0.25, 0.3) is 0 Å². The standard InChI is InChI=1S/C10H16ClN2O2/c1-6(14)7(11)8-9(2,3)13(15)10(4,5)12-8/h12H,1-5H3/b8-7+. The van der Waals surface area contributed by atoms with Crippen molar-refractivity contribution in [2.24, 2.45) is 0 Å². The van der Waals surface area contributed by atoms with Gasteiger partial charge in [-0.1, -0.05) is 11.6 Å². The van der Waals surface area contributed by atoms with E-state index in [0.29, 0.717) is 5.70 Å². The molecule has 1 N–H and O–H groups in total. The summed E-state index contributed by atoms with van der Waals surface area (Å²) in [6, 6.07) is 0. The Morgan fingerprint density at radius 2 is 1.80 bits per heavy atom. The maximum atomic E-state index is 11.9. The van der Waals surface area contributed by atoms with Gasteiger partial charge in [0.2, 0.25) is 0 Å². The molecule has 1 fully saturated rings. The molecule has 0 spiro atoms. The normalized spacial score (nSPS) is 27.4. The molecular formula is C10H16ClN2O2. The first-order valence-corrected chi connectivity index (χ1v) is 5.15. The molecule has 0 aromatic rings. The highest BCUT2D eigenvalue weighted by atomic mass is 35.5. The molecule has 0 bridgehead atoms. The second kappa shape index (κ2) is 3.47. The van der Waals surface area contributed by atoms with Crippen LogP contribution < -0.4 is 5.32 Å². The Morgan fingerprint density at radius 1 is 1.33 bits per heavy atom. The van der Waals surface area contributed by atoms with Gasteiger partial charge in [-0.2, -0.15) is 0 Å². The van der Waals surface area contributed by atoms with Crippen molar-refractivity contribution in [3.05, 3.63) is 10.7 Å². The van der Waals surface area contributed by atoms with Gasteiger partial charge in [0.1, 0.15) is 10.7 Å². The van der Waals surface area contributed by atoms with Crippen molar-refractivity contribution in [3.8, 4) is 0 Å². The van der Waals surface area contributed by atoms with Gasteiger partial charge in [0, 0.05) is 6.92 Å². The Balaban J connectivity index is 3.26. The summed E-state index contributed by atoms with van der Waals surface area (Å²) in [5, 5.41) is 15.9. The van der Waals surface area contributed by atoms with Crippen molar-refractivity contribution in [2.75, 3.05) is 0 Å². The lowest BCUT2D eigenvalue weighted by atomic mass is 10.0. The van der Waals surface area contributed by atoms with Crippen LogP contribution in [0.3, 0.4) is 0 Å². The minimum absolute atomic E-state index is 0.103. The first-order valence-electron chi connectivity index (χ1n) is 4.77. The number of hydrogen-bond acceptors (Lipinski definition) is 3. The van der Waals surface area contributed by atoms with Crippen molar-refractivity contribution in [3.63, 3.8) is 0 Å². The van der Waals surface area contributed by atoms with Crippen LogP contribution in [0.5, 0.6) is 0 Å². The maximum Gasteiger partial charge on any atom is 0.172 e. The van der Waals surface area contributed by atoms with Crippen LogP contribution in [0, 0.1) is 0 Å². The number of nitrogens with one attached hydrogen (secondary N) is 1. The zero-order valence-corrected chi connectivity index (χ0v) is 10.4. The van der Waals surface area contributed by atoms with Crippen LogP contribution in [0.2, 0.25) is 0 Å². The fourth-order valence-electron chi connectivity index (χ4n) is 1.81. The first kappa shape index (κ1) is 12.5. The molecule has 1 aliphatic rings. The molecule has 0 amide bonds. The lowest BCUT2D eigenvalue weighted by Crippen LogP contribution is -2.47. The van der Waals surface area contributed by atoms with Gasteiger partial charge in [-0.15, -0.1) is 10.3 Å². The van der Waals surface area contributed by atoms with Gasteiger partial charge in [-0.05, 0) is 27.7 Å². The van der Waals surface area contributed by atoms with E-state index in [-0.39, 0.29) is 10.8 Å². The molecule has 0 saturated carbocycles. The first-order chi connectivity index (χ1) is 6.60. The average Bonchev–Trinajstić information content (AvgIpc) is 2.25. The third-order valence-electron chi connectivity index (χ3n) is 2.59. The van der Waals surface area contributed by atoms with E-state index < -0.39 is 11.2 Å². The predicted octanol–water partition coefficient (Wildman–Crippen LogP) is 1.79. The summed E-state index contributed by atoms with van der Waals surface area (Å²) in [4.78, 5) is 11.2. The van der Waals surface area contributed by atoms with E-state index in [1.165, 1.54) is 6.92 Å². The van der Waals surface area contributed by atoms with Gasteiger partial charge in [0.15, 0.2) is 5.78 Å². The third kappa shape index (κ3) is 1.89. The Morgan fingerprint density at radius 3 is 2.07 bits per heavy atom. The van der Waals surface area contributed by atoms with Crippen molar-refractivity contribution >= 4 is 17.4 Å². The molecule has 1 saturated heterocycles. The number of nitrogens with zero attached hydrogens (tertiary/aromatic N) is 1. The average molecular weight is 232 g/mol. The lowest BCUT2D eigenvalue weighted by molar-refractivity contribution is -0.243. The fraction of sp³-hybridized carbons (Fsp3) is 0.700. The summed E-state index contributed by atoms with van der Waals surface area (Å²) in [5.41, 5.74) is -1.04. The number of allylic oxidation sites excluding steroid dienone is 1. The molecule has 85 valence electrons. The topological polar surface area (TPSA) is 52.2 Å². The lowest BCUT2D eigenvalue weighted by Gasteiger charge is -2.29. The van der Waals surface area contributed by atoms with Gasteiger partial charge in [0.25, 0.3) is 0 Å². The number of halogens is 1. The monoisotopic (exact) mass is 231 g/mol. The SMILES string of the molecule is CC(=O)/C(Cl)=C1\NC(C)(C)N([O])C1(C)C. The predicted molar refractivity (Wildman–Crippen MR) is 57.4 cm³/mol. The van der Waals surface area contributed by atoms with Crippen LogP contribution >= 0.6 is 11.6 Å². The minimum atomic E-state index is -0.799. The smallest absolute Gasteiger partial charge is 0.172 e. The summed E-state index contributed by atoms with van der Waals surface area (Å²) in [6.45, 7) is 8.36. The summed E-state index contributed by atoms with van der Waals surface area (Å²) >= 11 is 5.90. The van der Waals surface area contributed by atoms with Crippen LogP contribution in [0.1, 0.15) is 34.6 Å². The fourth-order valence-corrected chi connectivity index (χ4v) is 2.09. The Bertz CT molecular complexity index is 334. The van der Waals surface area contributed by atoms with E-state index in [4.69, 9.17) is 11.6 Å². The Hall–Kier alpha value is -0.580. The molecule has 1 heterocycles. The van der Waals surface area contributed by atoms with Gasteiger partial charge in [-0.3, -0.25) is 4.79 Å². The van der Waals surface area contributed by atoms with E-state index >= 15 is 0 Å². The number of rotatable bonds is 1. The van der Waals surface area contributed by atoms with Crippen LogP contribution in [0.4, 0.5) is 0 Å². The summed E-state index contributed by atoms with van der Waals surface area (Å²) < 4.78 is 0. The summed E-state index contributed by atoms with van der Waals surface area (Å²) in [6.07, 6.45) is 0. The number of hydroxylamine groups is 2. The van der Waals surface area contributed by atoms with Crippen LogP contribution in [-0.4, -0.2) is 22.0 Å². The number of ketones is 1. The van der Waals surface area contributed by atoms with Crippen molar-refractivity contribution in [2.45, 2.75) is 45.8 Å². The number of Topliss-reactive ketones (excluding diaryl/α,β-unsaturated/α-hetero) is 1. The van der Waals surface area contributed by atoms with Gasteiger partial charge in [0.05, 0.1) is 11.2 Å². The van der Waals surface area contributed by atoms with Crippen LogP contribution in [0.15, 0.2) is 10.7 Å². The molecule has 0 aromatic carbocycles. The second-order valence-corrected chi connectivity index (χ2v) is 5.16. The molecular weight excluding hydrogens is 216 g/mol. The van der Waals surface area contributed by atoms with Gasteiger partial charge in [-0.25, -0.2) is 0 Å². The van der Waals surface area contributed by atoms with Gasteiger partial charge < -0.3 is 5.32 Å². The molecule has 4 nitrogen and oxygen atoms in total. The molecule has 0 aliphatic carbocycles. The minimum Gasteiger partial charge on any atom is -0.366 e. The number of carbonyl (C=O) groups is 1. The molecule has 1 rings (SSSR count). The van der Waals surface area contributed by atoms with Crippen molar-refractivity contribution in [1.29, 1.82) is 0 Å². The zero-order valence-electron chi connectivity index (χ0n) is 9.64. The van der Waals surface area contributed by atoms with Crippen molar-refractivity contribution < 1.29 is 10.0 Å². The van der Waals surface area contributed by atoms with E-state index in [1.807, 2.05) is 0 Å². The Kier molecular flexibility index (Phi) is 2.89. The molecule has 5 heteroatoms. The Labute approximate surface area is 94.9 Å². The highest BCUT2D eigenvalue weighted by Gasteiger charge is 2.50. The zero-order chi connectivity index (χ0) is 12.0. The second-order valence-electron chi connectivity index (χ2n) is 4.78. The molecule has 15 heavy (non-hydrogen) atoms. The number of hydrogen-bond donors (Lipinski definition) is 1. The maximum absolute atomic E-state index is 11.9. The molecule has 1 aliphatic heterocycles. The van der Waals surface area contributed by atoms with Crippen LogP contribution in [-0.2, 0) is 10.0 Å². The highest BCUT2D eigenvalue weighted by molar-refractivity contribution is 6.42. The summed E-state index contributed by atoms with van der Waals surface area (Å²) in [7, 11) is 0. The van der Waals surface area contributed by atoms with E-state index in [0.717, 1.165) is 5.06 Å². The molecule has 1 radical (unpaired) electrons. The summed E-state index contributed by atoms with van der Waals surface area (Å²) in [5.74, 6) is -0.238.